The van der Waals surface area contributed by atoms with Gasteiger partial charge in [0.15, 0.2) is 0 Å². The average molecular weight is 155 g/mol. The van der Waals surface area contributed by atoms with Crippen LogP contribution in [0.1, 0.15) is 12.8 Å². The van der Waals surface area contributed by atoms with Gasteiger partial charge >= 0.3 is 0 Å². The topological polar surface area (TPSA) is 60.2 Å². The van der Waals surface area contributed by atoms with Crippen molar-refractivity contribution in [1.82, 2.24) is 0 Å². The Bertz CT molecular complexity index is 154. The summed E-state index contributed by atoms with van der Waals surface area (Å²) >= 11 is 0. The first kappa shape index (κ1) is 8.84. The zero-order valence-electron chi connectivity index (χ0n) is 5.01. The van der Waals surface area contributed by atoms with Gasteiger partial charge in [0.05, 0.1) is 12.4 Å². The molecule has 0 bridgehead atoms. The summed E-state index contributed by atoms with van der Waals surface area (Å²) in [6, 6.07) is 0. The monoisotopic (exact) mass is 155 g/mol. The van der Waals surface area contributed by atoms with Gasteiger partial charge in [-0.3, -0.25) is 4.39 Å². The highest BCUT2D eigenvalue weighted by Gasteiger charge is 1.99. The average Bonchev–Trinajstić information content (AvgIpc) is 1.63. The number of nitrogens with two attached hydrogens (primary N) is 1. The third-order valence-corrected chi connectivity index (χ3v) is 1.67. The van der Waals surface area contributed by atoms with Crippen LogP contribution in [0.2, 0.25) is 0 Å². The maximum absolute atomic E-state index is 11.3. The highest BCUT2D eigenvalue weighted by molar-refractivity contribution is 7.89. The lowest BCUT2D eigenvalue weighted by Crippen LogP contribution is -2.16. The van der Waals surface area contributed by atoms with Crippen molar-refractivity contribution in [2.24, 2.45) is 5.14 Å². The number of hydrogen-bond donors (Lipinski definition) is 1. The normalized spacial score (nSPS) is 11.8. The molecule has 0 spiro atoms. The SMILES string of the molecule is NS(=O)(=O)CCCCF. The summed E-state index contributed by atoms with van der Waals surface area (Å²) in [6.45, 7) is -0.477. The molecule has 56 valence electrons. The van der Waals surface area contributed by atoms with E-state index < -0.39 is 16.7 Å². The number of rotatable bonds is 4. The molecule has 0 aromatic rings. The fourth-order valence-corrected chi connectivity index (χ4v) is 1.00. The summed E-state index contributed by atoms with van der Waals surface area (Å²) < 4.78 is 31.7. The maximum atomic E-state index is 11.3. The Kier molecular flexibility index (Phi) is 3.72. The minimum absolute atomic E-state index is 0.114. The molecule has 0 amide bonds. The highest BCUT2D eigenvalue weighted by atomic mass is 32.2. The van der Waals surface area contributed by atoms with Crippen LogP contribution in [0.3, 0.4) is 0 Å². The molecule has 0 aliphatic carbocycles. The Labute approximate surface area is 54.1 Å². The van der Waals surface area contributed by atoms with Crippen LogP contribution in [0.25, 0.3) is 0 Å². The molecule has 9 heavy (non-hydrogen) atoms. The van der Waals surface area contributed by atoms with Crippen molar-refractivity contribution >= 4 is 10.0 Å². The first-order valence-corrected chi connectivity index (χ1v) is 4.34. The molecule has 0 unspecified atom stereocenters. The zero-order chi connectivity index (χ0) is 7.33. The molecule has 0 radical (unpaired) electrons. The van der Waals surface area contributed by atoms with Gasteiger partial charge in [-0.1, -0.05) is 0 Å². The van der Waals surface area contributed by atoms with Gasteiger partial charge < -0.3 is 0 Å². The predicted molar refractivity (Wildman–Crippen MR) is 33.2 cm³/mol. The zero-order valence-corrected chi connectivity index (χ0v) is 5.82. The Hall–Kier alpha value is -0.160. The van der Waals surface area contributed by atoms with E-state index in [0.717, 1.165) is 0 Å². The van der Waals surface area contributed by atoms with Crippen LogP contribution in [-0.4, -0.2) is 20.8 Å². The summed E-state index contributed by atoms with van der Waals surface area (Å²) in [5.74, 6) is -0.114. The van der Waals surface area contributed by atoms with Crippen molar-refractivity contribution < 1.29 is 12.8 Å². The highest BCUT2D eigenvalue weighted by Crippen LogP contribution is 1.91. The first-order chi connectivity index (χ1) is 4.06. The van der Waals surface area contributed by atoms with Crippen LogP contribution in [-0.2, 0) is 10.0 Å². The molecule has 2 N–H and O–H groups in total. The molecular weight excluding hydrogens is 145 g/mol. The minimum atomic E-state index is -3.36. The second-order valence-corrected chi connectivity index (χ2v) is 3.50. The lowest BCUT2D eigenvalue weighted by atomic mass is 10.4. The van der Waals surface area contributed by atoms with Crippen LogP contribution in [0.4, 0.5) is 4.39 Å². The molecule has 0 saturated carbocycles. The predicted octanol–water partition coefficient (Wildman–Crippen LogP) is 0.0246. The molecule has 0 aromatic heterocycles. The molecule has 0 aromatic carbocycles. The molecule has 0 aliphatic heterocycles. The van der Waals surface area contributed by atoms with Gasteiger partial charge in [0.1, 0.15) is 0 Å². The molecule has 0 saturated heterocycles. The van der Waals surface area contributed by atoms with Crippen LogP contribution in [0.15, 0.2) is 0 Å². The summed E-state index contributed by atoms with van der Waals surface area (Å²) in [5.41, 5.74) is 0. The Balaban J connectivity index is 3.30. The third-order valence-electron chi connectivity index (χ3n) is 0.812. The van der Waals surface area contributed by atoms with E-state index in [-0.39, 0.29) is 12.2 Å². The number of alkyl halides is 1. The van der Waals surface area contributed by atoms with Gasteiger partial charge in [-0.25, -0.2) is 13.6 Å². The van der Waals surface area contributed by atoms with Gasteiger partial charge in [-0.05, 0) is 12.8 Å². The van der Waals surface area contributed by atoms with E-state index in [1.54, 1.807) is 0 Å². The summed E-state index contributed by atoms with van der Waals surface area (Å²) in [4.78, 5) is 0. The number of hydrogen-bond acceptors (Lipinski definition) is 2. The van der Waals surface area contributed by atoms with Crippen molar-refractivity contribution in [3.8, 4) is 0 Å². The minimum Gasteiger partial charge on any atom is -0.251 e. The Morgan fingerprint density at radius 3 is 2.22 bits per heavy atom. The Morgan fingerprint density at radius 1 is 1.33 bits per heavy atom. The van der Waals surface area contributed by atoms with Gasteiger partial charge in [0, 0.05) is 0 Å². The molecule has 0 heterocycles. The van der Waals surface area contributed by atoms with Crippen molar-refractivity contribution in [2.45, 2.75) is 12.8 Å². The van der Waals surface area contributed by atoms with Crippen LogP contribution < -0.4 is 5.14 Å². The molecular formula is C4H10FNO2S. The third kappa shape index (κ3) is 7.84. The van der Waals surface area contributed by atoms with Gasteiger partial charge in [-0.2, -0.15) is 0 Å². The maximum Gasteiger partial charge on any atom is 0.209 e. The van der Waals surface area contributed by atoms with Gasteiger partial charge in [0.2, 0.25) is 10.0 Å². The van der Waals surface area contributed by atoms with Crippen LogP contribution in [0.5, 0.6) is 0 Å². The summed E-state index contributed by atoms with van der Waals surface area (Å²) in [6.07, 6.45) is 0.589. The van der Waals surface area contributed by atoms with Crippen molar-refractivity contribution in [1.29, 1.82) is 0 Å². The van der Waals surface area contributed by atoms with Crippen LogP contribution in [0, 0.1) is 0 Å². The second kappa shape index (κ2) is 3.79. The smallest absolute Gasteiger partial charge is 0.209 e. The van der Waals surface area contributed by atoms with E-state index in [0.29, 0.717) is 6.42 Å². The fourth-order valence-electron chi connectivity index (χ4n) is 0.398. The fraction of sp³-hybridized carbons (Fsp3) is 1.00. The van der Waals surface area contributed by atoms with Gasteiger partial charge in [0.25, 0.3) is 0 Å². The first-order valence-electron chi connectivity index (χ1n) is 2.62. The molecule has 0 atom stereocenters. The van der Waals surface area contributed by atoms with E-state index in [9.17, 15) is 12.8 Å². The van der Waals surface area contributed by atoms with E-state index in [1.807, 2.05) is 0 Å². The van der Waals surface area contributed by atoms with Crippen molar-refractivity contribution in [3.63, 3.8) is 0 Å². The number of unbranched alkanes of at least 4 members (excludes halogenated alkanes) is 1. The molecule has 0 aliphatic rings. The second-order valence-electron chi connectivity index (χ2n) is 1.76. The van der Waals surface area contributed by atoms with Gasteiger partial charge in [-0.15, -0.1) is 0 Å². The molecule has 5 heteroatoms. The molecule has 0 fully saturated rings. The lowest BCUT2D eigenvalue weighted by Gasteiger charge is -1.92. The van der Waals surface area contributed by atoms with Crippen molar-refractivity contribution in [3.05, 3.63) is 0 Å². The molecule has 0 rings (SSSR count). The largest absolute Gasteiger partial charge is 0.251 e. The quantitative estimate of drug-likeness (QED) is 0.582. The van der Waals surface area contributed by atoms with E-state index in [2.05, 4.69) is 5.14 Å². The number of sulfonamides is 1. The number of primary sulfonamides is 1. The number of halogens is 1. The summed E-state index contributed by atoms with van der Waals surface area (Å²) in [5, 5.41) is 4.63. The lowest BCUT2D eigenvalue weighted by molar-refractivity contribution is 0.468. The van der Waals surface area contributed by atoms with Crippen molar-refractivity contribution in [2.75, 3.05) is 12.4 Å². The summed E-state index contributed by atoms with van der Waals surface area (Å²) in [7, 11) is -3.36. The molecule has 3 nitrogen and oxygen atoms in total. The van der Waals surface area contributed by atoms with E-state index in [1.165, 1.54) is 0 Å². The van der Waals surface area contributed by atoms with E-state index >= 15 is 0 Å². The van der Waals surface area contributed by atoms with E-state index in [4.69, 9.17) is 0 Å². The Morgan fingerprint density at radius 2 is 1.89 bits per heavy atom. The van der Waals surface area contributed by atoms with Crippen LogP contribution >= 0.6 is 0 Å². The standard InChI is InChI=1S/C4H10FNO2S/c5-3-1-2-4-9(6,7)8/h1-4H2,(H2,6,7,8).